The van der Waals surface area contributed by atoms with Crippen LogP contribution < -0.4 is 10.7 Å². The maximum Gasteiger partial charge on any atom is 0.272 e. The van der Waals surface area contributed by atoms with Crippen LogP contribution in [0, 0.1) is 17.0 Å². The van der Waals surface area contributed by atoms with Gasteiger partial charge in [0.2, 0.25) is 5.91 Å². The van der Waals surface area contributed by atoms with Gasteiger partial charge in [0.15, 0.2) is 0 Å². The second kappa shape index (κ2) is 8.86. The van der Waals surface area contributed by atoms with Crippen LogP contribution in [0.4, 0.5) is 11.5 Å². The van der Waals surface area contributed by atoms with Crippen molar-refractivity contribution in [1.82, 2.24) is 10.4 Å². The van der Waals surface area contributed by atoms with Crippen molar-refractivity contribution in [3.8, 4) is 0 Å². The molecule has 0 atom stereocenters. The lowest BCUT2D eigenvalue weighted by Gasteiger charge is -2.06. The molecule has 0 saturated carbocycles. The zero-order valence-corrected chi connectivity index (χ0v) is 15.3. The number of nitrogens with zero attached hydrogens (tertiary/aromatic N) is 3. The van der Waals surface area contributed by atoms with E-state index in [4.69, 9.17) is 11.6 Å². The monoisotopic (exact) mass is 389 g/mol. The molecule has 0 radical (unpaired) electrons. The number of nitro benzene ring substituents is 1. The van der Waals surface area contributed by atoms with Crippen LogP contribution in [0.2, 0.25) is 5.02 Å². The molecule has 0 bridgehead atoms. The molecule has 1 heterocycles. The van der Waals surface area contributed by atoms with Gasteiger partial charge in [-0.2, -0.15) is 5.10 Å². The molecule has 0 saturated heterocycles. The first kappa shape index (κ1) is 20.0. The van der Waals surface area contributed by atoms with Gasteiger partial charge in [-0.05, 0) is 37.6 Å². The molecule has 0 aliphatic rings. The Morgan fingerprint density at radius 3 is 2.67 bits per heavy atom. The van der Waals surface area contributed by atoms with Gasteiger partial charge in [-0.15, -0.1) is 0 Å². The van der Waals surface area contributed by atoms with Crippen LogP contribution in [0.1, 0.15) is 29.3 Å². The number of hydrazone groups is 1. The maximum atomic E-state index is 12.1. The Bertz CT molecular complexity index is 929. The summed E-state index contributed by atoms with van der Waals surface area (Å²) in [6, 6.07) is 7.01. The van der Waals surface area contributed by atoms with E-state index in [-0.39, 0.29) is 28.6 Å². The zero-order chi connectivity index (χ0) is 20.0. The number of amides is 2. The van der Waals surface area contributed by atoms with Crippen LogP contribution in [0.25, 0.3) is 0 Å². The SMILES string of the molecule is C/C(CC(=O)Nc1cc(C)ccn1)=N\NC(=O)c1ccc([N+](=O)[O-])cc1Cl. The summed E-state index contributed by atoms with van der Waals surface area (Å²) in [5, 5.41) is 17.1. The largest absolute Gasteiger partial charge is 0.310 e. The second-order valence-electron chi connectivity index (χ2n) is 5.65. The number of nitrogens with one attached hydrogen (secondary N) is 2. The molecule has 2 N–H and O–H groups in total. The first-order valence-electron chi connectivity index (χ1n) is 7.76. The van der Waals surface area contributed by atoms with Gasteiger partial charge in [0.05, 0.1) is 21.9 Å². The fraction of sp³-hybridized carbons (Fsp3) is 0.176. The molecule has 2 amide bonds. The van der Waals surface area contributed by atoms with Gasteiger partial charge in [-0.1, -0.05) is 11.6 Å². The van der Waals surface area contributed by atoms with Gasteiger partial charge >= 0.3 is 0 Å². The highest BCUT2D eigenvalue weighted by Crippen LogP contribution is 2.22. The van der Waals surface area contributed by atoms with Crippen LogP contribution in [0.5, 0.6) is 0 Å². The number of nitro groups is 1. The van der Waals surface area contributed by atoms with E-state index < -0.39 is 10.8 Å². The Morgan fingerprint density at radius 1 is 1.30 bits per heavy atom. The van der Waals surface area contributed by atoms with Crippen LogP contribution in [-0.2, 0) is 4.79 Å². The normalized spacial score (nSPS) is 11.0. The smallest absolute Gasteiger partial charge is 0.272 e. The minimum absolute atomic E-state index is 0.0345. The molecule has 9 nitrogen and oxygen atoms in total. The molecule has 0 aliphatic heterocycles. The molecule has 0 spiro atoms. The lowest BCUT2D eigenvalue weighted by atomic mass is 10.2. The molecule has 0 fully saturated rings. The Morgan fingerprint density at radius 2 is 2.04 bits per heavy atom. The van der Waals surface area contributed by atoms with E-state index in [1.807, 2.05) is 6.92 Å². The summed E-state index contributed by atoms with van der Waals surface area (Å²) in [6.07, 6.45) is 1.53. The standard InChI is InChI=1S/C17H16ClN5O4/c1-10-5-6-19-15(7-10)20-16(24)8-11(2)21-22-17(25)13-4-3-12(23(26)27)9-14(13)18/h3-7,9H,8H2,1-2H3,(H,22,25)(H,19,20,24)/b21-11+. The number of carbonyl (C=O) groups is 2. The summed E-state index contributed by atoms with van der Waals surface area (Å²) in [6.45, 7) is 3.45. The third-order valence-corrected chi connectivity index (χ3v) is 3.67. The van der Waals surface area contributed by atoms with Crippen molar-refractivity contribution < 1.29 is 14.5 Å². The van der Waals surface area contributed by atoms with E-state index in [0.717, 1.165) is 11.6 Å². The summed E-state index contributed by atoms with van der Waals surface area (Å²) in [5.74, 6) is -0.554. The third kappa shape index (κ3) is 5.86. The Hall–Kier alpha value is -3.33. The number of anilines is 1. The van der Waals surface area contributed by atoms with E-state index >= 15 is 0 Å². The van der Waals surface area contributed by atoms with Crippen molar-refractivity contribution >= 4 is 40.6 Å². The van der Waals surface area contributed by atoms with Gasteiger partial charge < -0.3 is 5.32 Å². The summed E-state index contributed by atoms with van der Waals surface area (Å²) < 4.78 is 0. The van der Waals surface area contributed by atoms with Gasteiger partial charge in [0.1, 0.15) is 5.82 Å². The number of hydrogen-bond donors (Lipinski definition) is 2. The van der Waals surface area contributed by atoms with Gasteiger partial charge in [0, 0.05) is 24.0 Å². The average Bonchev–Trinajstić information content (AvgIpc) is 2.59. The van der Waals surface area contributed by atoms with Crippen LogP contribution in [0.3, 0.4) is 0 Å². The lowest BCUT2D eigenvalue weighted by molar-refractivity contribution is -0.384. The number of hydrogen-bond acceptors (Lipinski definition) is 6. The Balaban J connectivity index is 1.95. The molecule has 10 heteroatoms. The molecule has 1 aromatic heterocycles. The molecule has 2 aromatic rings. The van der Waals surface area contributed by atoms with E-state index in [0.29, 0.717) is 11.5 Å². The van der Waals surface area contributed by atoms with Crippen molar-refractivity contribution in [1.29, 1.82) is 0 Å². The number of carbonyl (C=O) groups excluding carboxylic acids is 2. The van der Waals surface area contributed by atoms with Gasteiger partial charge in [-0.3, -0.25) is 19.7 Å². The minimum Gasteiger partial charge on any atom is -0.310 e. The molecule has 1 aromatic carbocycles. The Kier molecular flexibility index (Phi) is 6.56. The van der Waals surface area contributed by atoms with Crippen molar-refractivity contribution in [2.24, 2.45) is 5.10 Å². The quantitative estimate of drug-likeness (QED) is 0.446. The highest BCUT2D eigenvalue weighted by molar-refractivity contribution is 6.34. The summed E-state index contributed by atoms with van der Waals surface area (Å²) in [4.78, 5) is 38.2. The van der Waals surface area contributed by atoms with Crippen LogP contribution in [0.15, 0.2) is 41.6 Å². The summed E-state index contributed by atoms with van der Waals surface area (Å²) in [5.41, 5.74) is 3.39. The maximum absolute atomic E-state index is 12.1. The average molecular weight is 390 g/mol. The number of rotatable bonds is 6. The van der Waals surface area contributed by atoms with Crippen LogP contribution >= 0.6 is 11.6 Å². The van der Waals surface area contributed by atoms with Gasteiger partial charge in [-0.25, -0.2) is 10.4 Å². The van der Waals surface area contributed by atoms with E-state index in [9.17, 15) is 19.7 Å². The Labute approximate surface area is 159 Å². The second-order valence-corrected chi connectivity index (χ2v) is 6.06. The molecular formula is C17H16ClN5O4. The number of pyridine rings is 1. The van der Waals surface area contributed by atoms with Crippen LogP contribution in [-0.4, -0.2) is 27.4 Å². The number of aryl methyl sites for hydroxylation is 1. The molecule has 0 aliphatic carbocycles. The topological polar surface area (TPSA) is 127 Å². The predicted octanol–water partition coefficient (Wildman–Crippen LogP) is 3.09. The van der Waals surface area contributed by atoms with E-state index in [1.165, 1.54) is 12.1 Å². The molecule has 140 valence electrons. The van der Waals surface area contributed by atoms with Crippen molar-refractivity contribution in [3.63, 3.8) is 0 Å². The van der Waals surface area contributed by atoms with Gasteiger partial charge in [0.25, 0.3) is 11.6 Å². The van der Waals surface area contributed by atoms with E-state index in [2.05, 4.69) is 20.8 Å². The lowest BCUT2D eigenvalue weighted by Crippen LogP contribution is -2.22. The molecule has 2 rings (SSSR count). The molecule has 0 unspecified atom stereocenters. The molecular weight excluding hydrogens is 374 g/mol. The highest BCUT2D eigenvalue weighted by Gasteiger charge is 2.15. The first-order chi connectivity index (χ1) is 12.8. The van der Waals surface area contributed by atoms with Crippen molar-refractivity contribution in [2.45, 2.75) is 20.3 Å². The minimum atomic E-state index is -0.644. The third-order valence-electron chi connectivity index (χ3n) is 3.36. The number of aromatic nitrogens is 1. The van der Waals surface area contributed by atoms with Crippen molar-refractivity contribution in [2.75, 3.05) is 5.32 Å². The highest BCUT2D eigenvalue weighted by atomic mass is 35.5. The zero-order valence-electron chi connectivity index (χ0n) is 14.5. The first-order valence-corrected chi connectivity index (χ1v) is 8.14. The molecule has 27 heavy (non-hydrogen) atoms. The predicted molar refractivity (Wildman–Crippen MR) is 101 cm³/mol. The van der Waals surface area contributed by atoms with E-state index in [1.54, 1.807) is 25.3 Å². The fourth-order valence-corrected chi connectivity index (χ4v) is 2.33. The number of benzene rings is 1. The number of non-ortho nitro benzene ring substituents is 1. The number of halogens is 1. The summed E-state index contributed by atoms with van der Waals surface area (Å²) >= 11 is 5.89. The fourth-order valence-electron chi connectivity index (χ4n) is 2.07. The van der Waals surface area contributed by atoms with Crippen molar-refractivity contribution in [3.05, 3.63) is 62.8 Å². The summed E-state index contributed by atoms with van der Waals surface area (Å²) in [7, 11) is 0.